The molecular weight excluding hydrogens is 288 g/mol. The summed E-state index contributed by atoms with van der Waals surface area (Å²) >= 11 is 0. The molecule has 134 valence electrons. The summed E-state index contributed by atoms with van der Waals surface area (Å²) < 4.78 is 0. The van der Waals surface area contributed by atoms with Gasteiger partial charge in [0.25, 0.3) is 0 Å². The minimum Gasteiger partial charge on any atom is -0.481 e. The van der Waals surface area contributed by atoms with Crippen molar-refractivity contribution in [1.29, 1.82) is 0 Å². The molecule has 23 heavy (non-hydrogen) atoms. The fraction of sp³-hybridized carbons (Fsp3) is 0.950. The highest BCUT2D eigenvalue weighted by molar-refractivity contribution is 5.66. The molecule has 0 aliphatic heterocycles. The number of carbonyl (C=O) groups is 1. The lowest BCUT2D eigenvalue weighted by Crippen LogP contribution is -2.57. The van der Waals surface area contributed by atoms with E-state index in [0.717, 1.165) is 25.7 Å². The Balaban J connectivity index is 2.17. The first kappa shape index (κ1) is 18.8. The van der Waals surface area contributed by atoms with Crippen LogP contribution in [-0.4, -0.2) is 21.8 Å². The van der Waals surface area contributed by atoms with Gasteiger partial charge < -0.3 is 10.2 Å². The van der Waals surface area contributed by atoms with E-state index in [1.165, 1.54) is 19.3 Å². The van der Waals surface area contributed by atoms with Crippen molar-refractivity contribution in [3.05, 3.63) is 0 Å². The van der Waals surface area contributed by atoms with Gasteiger partial charge in [0, 0.05) is 6.42 Å². The van der Waals surface area contributed by atoms with E-state index < -0.39 is 11.6 Å². The highest BCUT2D eigenvalue weighted by atomic mass is 16.4. The van der Waals surface area contributed by atoms with E-state index in [9.17, 15) is 9.90 Å². The zero-order valence-electron chi connectivity index (χ0n) is 15.7. The molecule has 3 nitrogen and oxygen atoms in total. The number of aliphatic hydroxyl groups is 1. The van der Waals surface area contributed by atoms with Crippen LogP contribution < -0.4 is 0 Å². The molecule has 0 saturated heterocycles. The van der Waals surface area contributed by atoms with Crippen molar-refractivity contribution < 1.29 is 15.0 Å². The van der Waals surface area contributed by atoms with Crippen molar-refractivity contribution >= 4 is 5.97 Å². The third kappa shape index (κ3) is 3.75. The summed E-state index contributed by atoms with van der Waals surface area (Å²) in [4.78, 5) is 10.9. The summed E-state index contributed by atoms with van der Waals surface area (Å²) in [5.74, 6) is 0.424. The second kappa shape index (κ2) is 6.38. The third-order valence-corrected chi connectivity index (χ3v) is 7.23. The molecule has 2 aliphatic carbocycles. The Morgan fingerprint density at radius 3 is 2.43 bits per heavy atom. The summed E-state index contributed by atoms with van der Waals surface area (Å²) in [7, 11) is 0. The second-order valence-corrected chi connectivity index (χ2v) is 9.63. The minimum atomic E-state index is -0.712. The van der Waals surface area contributed by atoms with Crippen molar-refractivity contribution in [3.63, 3.8) is 0 Å². The van der Waals surface area contributed by atoms with Crippen molar-refractivity contribution in [2.75, 3.05) is 0 Å². The highest BCUT2D eigenvalue weighted by Gasteiger charge is 2.57. The molecule has 3 heteroatoms. The molecule has 5 atom stereocenters. The normalized spacial score (nSPS) is 41.1. The van der Waals surface area contributed by atoms with E-state index in [4.69, 9.17) is 5.11 Å². The van der Waals surface area contributed by atoms with Crippen LogP contribution in [0.4, 0.5) is 0 Å². The predicted molar refractivity (Wildman–Crippen MR) is 93.2 cm³/mol. The number of hydrogen-bond acceptors (Lipinski definition) is 2. The molecule has 0 bridgehead atoms. The molecule has 0 aromatic heterocycles. The maximum atomic E-state index is 11.1. The molecule has 2 rings (SSSR count). The summed E-state index contributed by atoms with van der Waals surface area (Å²) in [6.07, 6.45) is 7.83. The largest absolute Gasteiger partial charge is 0.481 e. The van der Waals surface area contributed by atoms with Gasteiger partial charge in [-0.3, -0.25) is 4.79 Å². The topological polar surface area (TPSA) is 57.5 Å². The molecule has 2 aliphatic rings. The Morgan fingerprint density at radius 2 is 1.83 bits per heavy atom. The van der Waals surface area contributed by atoms with E-state index in [0.29, 0.717) is 11.3 Å². The Labute approximate surface area is 141 Å². The zero-order valence-corrected chi connectivity index (χ0v) is 15.7. The maximum absolute atomic E-state index is 11.1. The number of carboxylic acids is 1. The van der Waals surface area contributed by atoms with Crippen molar-refractivity contribution in [1.82, 2.24) is 0 Å². The number of hydrogen-bond donors (Lipinski definition) is 2. The standard InChI is InChI=1S/C20H36O3/c1-14(13-17(21)22)7-8-16-19(4)11-6-10-18(2,3)15(19)9-12-20(16,5)23/h14-16,23H,6-13H2,1-5H3,(H,21,22)/t14-,15+,16-,19-,20-/m1/s1. The lowest BCUT2D eigenvalue weighted by atomic mass is 9.45. The number of rotatable bonds is 5. The van der Waals surface area contributed by atoms with Gasteiger partial charge in [0.15, 0.2) is 0 Å². The molecule has 0 amide bonds. The first-order chi connectivity index (χ1) is 10.5. The van der Waals surface area contributed by atoms with E-state index in [1.54, 1.807) is 0 Å². The summed E-state index contributed by atoms with van der Waals surface area (Å²) in [5, 5.41) is 20.1. The molecular formula is C20H36O3. The Morgan fingerprint density at radius 1 is 1.17 bits per heavy atom. The fourth-order valence-electron chi connectivity index (χ4n) is 6.12. The van der Waals surface area contributed by atoms with Gasteiger partial charge in [-0.2, -0.15) is 0 Å². The lowest BCUT2D eigenvalue weighted by Gasteiger charge is -2.61. The first-order valence-electron chi connectivity index (χ1n) is 9.43. The van der Waals surface area contributed by atoms with Crippen LogP contribution in [0.2, 0.25) is 0 Å². The Hall–Kier alpha value is -0.570. The molecule has 2 N–H and O–H groups in total. The smallest absolute Gasteiger partial charge is 0.303 e. The lowest BCUT2D eigenvalue weighted by molar-refractivity contribution is -0.170. The van der Waals surface area contributed by atoms with Gasteiger partial charge in [-0.25, -0.2) is 0 Å². The number of fused-ring (bicyclic) bond motifs is 1. The first-order valence-corrected chi connectivity index (χ1v) is 9.43. The summed E-state index contributed by atoms with van der Waals surface area (Å²) in [5.41, 5.74) is -0.0670. The molecule has 0 aromatic carbocycles. The van der Waals surface area contributed by atoms with Crippen LogP contribution in [0.5, 0.6) is 0 Å². The molecule has 0 aromatic rings. The highest BCUT2D eigenvalue weighted by Crippen LogP contribution is 2.63. The van der Waals surface area contributed by atoms with Crippen LogP contribution in [0.25, 0.3) is 0 Å². The van der Waals surface area contributed by atoms with E-state index in [1.807, 2.05) is 13.8 Å². The van der Waals surface area contributed by atoms with Gasteiger partial charge >= 0.3 is 5.97 Å². The molecule has 0 unspecified atom stereocenters. The average Bonchev–Trinajstić information content (AvgIpc) is 2.34. The molecule has 2 saturated carbocycles. The Kier molecular flexibility index (Phi) is 5.21. The van der Waals surface area contributed by atoms with Crippen molar-refractivity contribution in [2.24, 2.45) is 28.6 Å². The van der Waals surface area contributed by atoms with Crippen molar-refractivity contribution in [2.45, 2.75) is 91.6 Å². The second-order valence-electron chi connectivity index (χ2n) is 9.63. The molecule has 0 spiro atoms. The fourth-order valence-corrected chi connectivity index (χ4v) is 6.12. The van der Waals surface area contributed by atoms with Crippen LogP contribution in [-0.2, 0) is 4.79 Å². The number of carboxylic acid groups (broad SMARTS) is 1. The molecule has 0 heterocycles. The monoisotopic (exact) mass is 324 g/mol. The van der Waals surface area contributed by atoms with E-state index >= 15 is 0 Å². The minimum absolute atomic E-state index is 0.184. The van der Waals surface area contributed by atoms with Gasteiger partial charge in [0.1, 0.15) is 0 Å². The summed E-state index contributed by atoms with van der Waals surface area (Å²) in [6.45, 7) is 11.2. The van der Waals surface area contributed by atoms with Gasteiger partial charge in [-0.05, 0) is 74.0 Å². The van der Waals surface area contributed by atoms with E-state index in [-0.39, 0.29) is 23.7 Å². The van der Waals surface area contributed by atoms with Crippen LogP contribution in [0.1, 0.15) is 86.0 Å². The molecule has 2 fully saturated rings. The summed E-state index contributed by atoms with van der Waals surface area (Å²) in [6, 6.07) is 0. The van der Waals surface area contributed by atoms with Crippen molar-refractivity contribution in [3.8, 4) is 0 Å². The van der Waals surface area contributed by atoms with Gasteiger partial charge in [0.05, 0.1) is 5.60 Å². The Bertz CT molecular complexity index is 440. The zero-order chi connectivity index (χ0) is 17.5. The van der Waals surface area contributed by atoms with Crippen LogP contribution in [0, 0.1) is 28.6 Å². The quantitative estimate of drug-likeness (QED) is 0.758. The maximum Gasteiger partial charge on any atom is 0.303 e. The van der Waals surface area contributed by atoms with Crippen LogP contribution in [0.3, 0.4) is 0 Å². The van der Waals surface area contributed by atoms with Crippen LogP contribution in [0.15, 0.2) is 0 Å². The molecule has 0 radical (unpaired) electrons. The SMILES string of the molecule is C[C@H](CC[C@@H]1[C@]2(C)CCCC(C)(C)[C@@H]2CC[C@@]1(C)O)CC(=O)O. The predicted octanol–water partition coefficient (Wildman–Crippen LogP) is 4.87. The average molecular weight is 325 g/mol. The van der Waals surface area contributed by atoms with Gasteiger partial charge in [-0.1, -0.05) is 34.1 Å². The van der Waals surface area contributed by atoms with E-state index in [2.05, 4.69) is 20.8 Å². The number of aliphatic carboxylic acids is 1. The third-order valence-electron chi connectivity index (χ3n) is 7.23. The van der Waals surface area contributed by atoms with Gasteiger partial charge in [-0.15, -0.1) is 0 Å². The van der Waals surface area contributed by atoms with Crippen LogP contribution >= 0.6 is 0 Å². The van der Waals surface area contributed by atoms with Gasteiger partial charge in [0.2, 0.25) is 0 Å².